The summed E-state index contributed by atoms with van der Waals surface area (Å²) < 4.78 is 10.7. The van der Waals surface area contributed by atoms with Crippen LogP contribution in [0.5, 0.6) is 0 Å². The second-order valence-electron chi connectivity index (χ2n) is 3.75. The molecule has 0 aromatic carbocycles. The molecule has 18 heavy (non-hydrogen) atoms. The highest BCUT2D eigenvalue weighted by Gasteiger charge is 2.18. The lowest BCUT2D eigenvalue weighted by molar-refractivity contribution is -0.145. The number of carbonyl (C=O) groups excluding carboxylic acids is 1. The lowest BCUT2D eigenvalue weighted by atomic mass is 10.2. The molecule has 0 amide bonds. The minimum Gasteiger partial charge on any atom is -0.481 e. The third-order valence-electron chi connectivity index (χ3n) is 1.74. The van der Waals surface area contributed by atoms with Crippen LogP contribution in [0.3, 0.4) is 0 Å². The molecule has 0 aliphatic rings. The van der Waals surface area contributed by atoms with Crippen LogP contribution in [0.15, 0.2) is 0 Å². The van der Waals surface area contributed by atoms with E-state index in [4.69, 9.17) is 15.7 Å². The molecule has 0 saturated carbocycles. The van der Waals surface area contributed by atoms with E-state index in [1.807, 2.05) is 6.92 Å². The number of nitrogens with two attached hydrogens (primary N) is 2. The van der Waals surface area contributed by atoms with Gasteiger partial charge in [0.25, 0.3) is 0 Å². The van der Waals surface area contributed by atoms with Gasteiger partial charge in [-0.25, -0.2) is 4.79 Å². The van der Waals surface area contributed by atoms with E-state index >= 15 is 0 Å². The van der Waals surface area contributed by atoms with Crippen molar-refractivity contribution in [2.75, 3.05) is 12.8 Å². The second-order valence-corrected chi connectivity index (χ2v) is 6.30. The van der Waals surface area contributed by atoms with Crippen molar-refractivity contribution >= 4 is 19.3 Å². The van der Waals surface area contributed by atoms with Gasteiger partial charge in [0.15, 0.2) is 7.37 Å². The van der Waals surface area contributed by atoms with Gasteiger partial charge < -0.3 is 20.6 Å². The molecule has 0 aliphatic heterocycles. The van der Waals surface area contributed by atoms with Crippen molar-refractivity contribution in [1.29, 1.82) is 0 Å². The van der Waals surface area contributed by atoms with Crippen molar-refractivity contribution in [3.63, 3.8) is 0 Å². The molecule has 8 nitrogen and oxygen atoms in total. The molecule has 0 aromatic heterocycles. The largest absolute Gasteiger partial charge is 0.481 e. The van der Waals surface area contributed by atoms with Gasteiger partial charge in [0.05, 0.1) is 0 Å². The molecule has 0 saturated heterocycles. The Morgan fingerprint density at radius 1 is 1.44 bits per heavy atom. The monoisotopic (exact) mass is 284 g/mol. The first-order valence-electron chi connectivity index (χ1n) is 5.31. The number of aliphatic carboxylic acids is 1. The van der Waals surface area contributed by atoms with Gasteiger partial charge in [-0.3, -0.25) is 9.36 Å². The average Bonchev–Trinajstić information content (AvgIpc) is 2.24. The van der Waals surface area contributed by atoms with E-state index in [1.165, 1.54) is 6.66 Å². The molecule has 9 heteroatoms. The third-order valence-corrected chi connectivity index (χ3v) is 2.83. The van der Waals surface area contributed by atoms with Gasteiger partial charge in [-0.1, -0.05) is 6.92 Å². The summed E-state index contributed by atoms with van der Waals surface area (Å²) >= 11 is 0. The maximum atomic E-state index is 10.7. The molecule has 0 bridgehead atoms. The van der Waals surface area contributed by atoms with Gasteiger partial charge >= 0.3 is 11.9 Å². The molecular formula is C9H21N2O6P. The Bertz CT molecular complexity index is 303. The van der Waals surface area contributed by atoms with Gasteiger partial charge in [-0.2, -0.15) is 5.90 Å². The van der Waals surface area contributed by atoms with E-state index in [0.717, 1.165) is 6.42 Å². The Morgan fingerprint density at radius 3 is 2.17 bits per heavy atom. The highest BCUT2D eigenvalue weighted by Crippen LogP contribution is 2.35. The topological polar surface area (TPSA) is 153 Å². The van der Waals surface area contributed by atoms with E-state index in [0.29, 0.717) is 6.42 Å². The highest BCUT2D eigenvalue weighted by atomic mass is 31.2. The lowest BCUT2D eigenvalue weighted by Gasteiger charge is -2.09. The predicted octanol–water partition coefficient (Wildman–Crippen LogP) is -0.108. The minimum absolute atomic E-state index is 0.0106. The molecule has 0 rings (SSSR count). The fourth-order valence-corrected chi connectivity index (χ4v) is 1.55. The van der Waals surface area contributed by atoms with E-state index in [9.17, 15) is 14.2 Å². The molecule has 0 spiro atoms. The van der Waals surface area contributed by atoms with Gasteiger partial charge in [0.1, 0.15) is 6.04 Å². The fraction of sp³-hybridized carbons (Fsp3) is 0.778. The summed E-state index contributed by atoms with van der Waals surface area (Å²) in [5.41, 5.74) is 5.25. The lowest BCUT2D eigenvalue weighted by Crippen LogP contribution is -2.34. The van der Waals surface area contributed by atoms with Crippen LogP contribution in [0.1, 0.15) is 26.2 Å². The molecule has 6 N–H and O–H groups in total. The van der Waals surface area contributed by atoms with Gasteiger partial charge in [-0.05, 0) is 12.8 Å². The number of carboxylic acids is 1. The molecule has 0 aromatic rings. The van der Waals surface area contributed by atoms with Crippen LogP contribution in [0.2, 0.25) is 0 Å². The van der Waals surface area contributed by atoms with E-state index in [2.05, 4.69) is 10.7 Å². The van der Waals surface area contributed by atoms with Gasteiger partial charge in [0, 0.05) is 19.2 Å². The van der Waals surface area contributed by atoms with Crippen LogP contribution in [0.25, 0.3) is 0 Å². The molecule has 0 fully saturated rings. The van der Waals surface area contributed by atoms with Crippen LogP contribution in [-0.4, -0.2) is 40.8 Å². The Kier molecular flexibility index (Phi) is 10.8. The number of carbonyl (C=O) groups is 2. The summed E-state index contributed by atoms with van der Waals surface area (Å²) in [5, 5.41) is 7.91. The first-order chi connectivity index (χ1) is 8.14. The van der Waals surface area contributed by atoms with Crippen molar-refractivity contribution in [2.45, 2.75) is 32.2 Å². The third kappa shape index (κ3) is 15.0. The fourth-order valence-electron chi connectivity index (χ4n) is 0.798. The quantitative estimate of drug-likeness (QED) is 0.389. The number of carboxylic acid groups (broad SMARTS) is 1. The van der Waals surface area contributed by atoms with E-state index in [-0.39, 0.29) is 12.6 Å². The first-order valence-corrected chi connectivity index (χ1v) is 7.60. The SMILES string of the molecule is CCCC(=O)O.CP(=O)(O)CCC(N)C(=O)ON. The first kappa shape index (κ1) is 19.4. The number of hydrogen-bond donors (Lipinski definition) is 4. The van der Waals surface area contributed by atoms with E-state index in [1.54, 1.807) is 0 Å². The number of hydrogen-bond acceptors (Lipinski definition) is 6. The Morgan fingerprint density at radius 2 is 1.94 bits per heavy atom. The summed E-state index contributed by atoms with van der Waals surface area (Å²) in [4.78, 5) is 32.9. The molecule has 0 heterocycles. The zero-order valence-corrected chi connectivity index (χ0v) is 11.4. The Hall–Kier alpha value is -0.950. The van der Waals surface area contributed by atoms with Crippen molar-refractivity contribution in [2.24, 2.45) is 11.6 Å². The molecule has 0 aliphatic carbocycles. The molecule has 2 unspecified atom stereocenters. The van der Waals surface area contributed by atoms with Crippen molar-refractivity contribution < 1.29 is 29.0 Å². The van der Waals surface area contributed by atoms with Crippen LogP contribution in [0, 0.1) is 0 Å². The Labute approximate surface area is 106 Å². The van der Waals surface area contributed by atoms with Crippen LogP contribution >= 0.6 is 7.37 Å². The van der Waals surface area contributed by atoms with Crippen LogP contribution < -0.4 is 11.6 Å². The zero-order valence-electron chi connectivity index (χ0n) is 10.5. The summed E-state index contributed by atoms with van der Waals surface area (Å²) in [6.45, 7) is 3.04. The van der Waals surface area contributed by atoms with Crippen molar-refractivity contribution in [3.8, 4) is 0 Å². The second kappa shape index (κ2) is 10.0. The minimum atomic E-state index is -3.10. The van der Waals surface area contributed by atoms with Crippen molar-refractivity contribution in [3.05, 3.63) is 0 Å². The summed E-state index contributed by atoms with van der Waals surface area (Å²) in [6, 6.07) is -0.921. The predicted molar refractivity (Wildman–Crippen MR) is 66.0 cm³/mol. The molecule has 0 radical (unpaired) electrons. The van der Waals surface area contributed by atoms with Crippen molar-refractivity contribution in [1.82, 2.24) is 0 Å². The van der Waals surface area contributed by atoms with Crippen LogP contribution in [-0.2, 0) is 19.0 Å². The average molecular weight is 284 g/mol. The normalized spacial score (nSPS) is 14.7. The summed E-state index contributed by atoms with van der Waals surface area (Å²) in [7, 11) is -3.10. The summed E-state index contributed by atoms with van der Waals surface area (Å²) in [6.07, 6.45) is 1.11. The summed E-state index contributed by atoms with van der Waals surface area (Å²) in [5.74, 6) is 3.07. The van der Waals surface area contributed by atoms with Crippen LogP contribution in [0.4, 0.5) is 0 Å². The van der Waals surface area contributed by atoms with Gasteiger partial charge in [0.2, 0.25) is 0 Å². The Balaban J connectivity index is 0. The zero-order chi connectivity index (χ0) is 14.8. The van der Waals surface area contributed by atoms with Gasteiger partial charge in [-0.15, -0.1) is 0 Å². The molecular weight excluding hydrogens is 263 g/mol. The highest BCUT2D eigenvalue weighted by molar-refractivity contribution is 7.57. The molecule has 2 atom stereocenters. The van der Waals surface area contributed by atoms with E-state index < -0.39 is 25.3 Å². The molecule has 108 valence electrons. The smallest absolute Gasteiger partial charge is 0.341 e. The standard InChI is InChI=1S/C5H13N2O4P.C4H8O2/c1-12(9,10)3-2-4(6)5(8)11-7;1-2-3-4(5)6/h4H,2-3,6-7H2,1H3,(H,9,10);2-3H2,1H3,(H,5,6). The number of rotatable bonds is 6. The maximum absolute atomic E-state index is 10.7. The maximum Gasteiger partial charge on any atom is 0.341 e.